The van der Waals surface area contributed by atoms with Gasteiger partial charge in [-0.25, -0.2) is 4.79 Å². The molecule has 0 radical (unpaired) electrons. The van der Waals surface area contributed by atoms with E-state index in [-0.39, 0.29) is 17.6 Å². The van der Waals surface area contributed by atoms with E-state index >= 15 is 0 Å². The summed E-state index contributed by atoms with van der Waals surface area (Å²) in [6.45, 7) is 3.77. The normalized spacial score (nSPS) is 15.0. The van der Waals surface area contributed by atoms with E-state index in [0.29, 0.717) is 11.4 Å². The number of carbonyl (C=O) groups is 2. The highest BCUT2D eigenvalue weighted by Gasteiger charge is 2.42. The third-order valence-electron chi connectivity index (χ3n) is 5.54. The minimum absolute atomic E-state index is 0.0708. The number of carbonyl (C=O) groups excluding carboxylic acids is 2. The molecule has 6 heteroatoms. The Balaban J connectivity index is 1.89. The molecule has 0 bridgehead atoms. The van der Waals surface area contributed by atoms with Gasteiger partial charge in [-0.15, -0.1) is 0 Å². The Morgan fingerprint density at radius 3 is 2.23 bits per heavy atom. The van der Waals surface area contributed by atoms with Gasteiger partial charge in [-0.2, -0.15) is 0 Å². The van der Waals surface area contributed by atoms with Crippen molar-refractivity contribution in [2.45, 2.75) is 51.0 Å². The molecule has 0 aliphatic heterocycles. The number of anilines is 1. The van der Waals surface area contributed by atoms with E-state index in [1.807, 2.05) is 38.1 Å². The Kier molecular flexibility index (Phi) is 6.65. The third-order valence-corrected chi connectivity index (χ3v) is 5.54. The van der Waals surface area contributed by atoms with Crippen molar-refractivity contribution < 1.29 is 23.8 Å². The summed E-state index contributed by atoms with van der Waals surface area (Å²) in [6.07, 6.45) is 3.46. The SMILES string of the molecule is COC(=O)c1cc(NC(=O)C2(c3ccc(OC)cc3)CCCC2)ccc1OC(C)C. The molecule has 160 valence electrons. The largest absolute Gasteiger partial charge is 0.497 e. The Morgan fingerprint density at radius 2 is 1.67 bits per heavy atom. The van der Waals surface area contributed by atoms with Gasteiger partial charge in [0.05, 0.1) is 25.7 Å². The van der Waals surface area contributed by atoms with Crippen molar-refractivity contribution in [3.63, 3.8) is 0 Å². The monoisotopic (exact) mass is 411 g/mol. The van der Waals surface area contributed by atoms with Crippen LogP contribution in [0.5, 0.6) is 11.5 Å². The van der Waals surface area contributed by atoms with Crippen molar-refractivity contribution in [3.8, 4) is 11.5 Å². The number of esters is 1. The van der Waals surface area contributed by atoms with Crippen LogP contribution in [0.3, 0.4) is 0 Å². The summed E-state index contributed by atoms with van der Waals surface area (Å²) >= 11 is 0. The van der Waals surface area contributed by atoms with Crippen molar-refractivity contribution in [1.82, 2.24) is 0 Å². The van der Waals surface area contributed by atoms with Crippen LogP contribution in [0.15, 0.2) is 42.5 Å². The first-order chi connectivity index (χ1) is 14.4. The molecule has 6 nitrogen and oxygen atoms in total. The Labute approximate surface area is 177 Å². The number of ether oxygens (including phenoxy) is 3. The van der Waals surface area contributed by atoms with Crippen molar-refractivity contribution in [3.05, 3.63) is 53.6 Å². The number of methoxy groups -OCH3 is 2. The fraction of sp³-hybridized carbons (Fsp3) is 0.417. The van der Waals surface area contributed by atoms with Crippen LogP contribution in [-0.2, 0) is 14.9 Å². The van der Waals surface area contributed by atoms with E-state index in [0.717, 1.165) is 37.0 Å². The topological polar surface area (TPSA) is 73.9 Å². The van der Waals surface area contributed by atoms with Crippen LogP contribution in [0.25, 0.3) is 0 Å². The van der Waals surface area contributed by atoms with E-state index in [2.05, 4.69) is 5.32 Å². The van der Waals surface area contributed by atoms with Gasteiger partial charge in [-0.3, -0.25) is 4.79 Å². The lowest BCUT2D eigenvalue weighted by molar-refractivity contribution is -0.121. The Morgan fingerprint density at radius 1 is 1.00 bits per heavy atom. The highest BCUT2D eigenvalue weighted by atomic mass is 16.5. The average molecular weight is 411 g/mol. The minimum Gasteiger partial charge on any atom is -0.497 e. The van der Waals surface area contributed by atoms with Crippen molar-refractivity contribution >= 4 is 17.6 Å². The van der Waals surface area contributed by atoms with Gasteiger partial charge in [0, 0.05) is 5.69 Å². The molecule has 1 aliphatic rings. The van der Waals surface area contributed by atoms with Gasteiger partial charge < -0.3 is 19.5 Å². The smallest absolute Gasteiger partial charge is 0.341 e. The van der Waals surface area contributed by atoms with Crippen LogP contribution in [0.1, 0.15) is 55.5 Å². The quantitative estimate of drug-likeness (QED) is 0.668. The molecular weight excluding hydrogens is 382 g/mol. The molecule has 1 fully saturated rings. The Hall–Kier alpha value is -3.02. The van der Waals surface area contributed by atoms with Crippen LogP contribution < -0.4 is 14.8 Å². The van der Waals surface area contributed by atoms with Gasteiger partial charge in [0.15, 0.2) is 0 Å². The standard InChI is InChI=1S/C24H29NO5/c1-16(2)30-21-12-9-18(15-20(21)22(26)29-4)25-23(27)24(13-5-6-14-24)17-7-10-19(28-3)11-8-17/h7-12,15-16H,5-6,13-14H2,1-4H3,(H,25,27). The second-order valence-electron chi connectivity index (χ2n) is 7.84. The first-order valence-corrected chi connectivity index (χ1v) is 10.2. The molecule has 0 aromatic heterocycles. The van der Waals surface area contributed by atoms with Gasteiger partial charge in [-0.05, 0) is 62.6 Å². The molecule has 2 aromatic rings. The maximum Gasteiger partial charge on any atom is 0.341 e. The zero-order chi connectivity index (χ0) is 21.7. The molecule has 0 unspecified atom stereocenters. The summed E-state index contributed by atoms with van der Waals surface area (Å²) in [5, 5.41) is 3.02. The second kappa shape index (κ2) is 9.20. The highest BCUT2D eigenvalue weighted by molar-refractivity contribution is 6.01. The first-order valence-electron chi connectivity index (χ1n) is 10.2. The number of nitrogens with one attached hydrogen (secondary N) is 1. The predicted molar refractivity (Wildman–Crippen MR) is 115 cm³/mol. The molecule has 30 heavy (non-hydrogen) atoms. The van der Waals surface area contributed by atoms with Gasteiger partial charge in [0.25, 0.3) is 0 Å². The van der Waals surface area contributed by atoms with Gasteiger partial charge in [0.1, 0.15) is 17.1 Å². The van der Waals surface area contributed by atoms with Crippen molar-refractivity contribution in [2.75, 3.05) is 19.5 Å². The zero-order valence-electron chi connectivity index (χ0n) is 18.0. The molecule has 2 aromatic carbocycles. The van der Waals surface area contributed by atoms with Crippen molar-refractivity contribution in [1.29, 1.82) is 0 Å². The molecule has 0 saturated heterocycles. The summed E-state index contributed by atoms with van der Waals surface area (Å²) < 4.78 is 15.8. The molecule has 0 atom stereocenters. The van der Waals surface area contributed by atoms with Crippen LogP contribution in [0.4, 0.5) is 5.69 Å². The fourth-order valence-corrected chi connectivity index (χ4v) is 4.02. The van der Waals surface area contributed by atoms with Crippen molar-refractivity contribution in [2.24, 2.45) is 0 Å². The van der Waals surface area contributed by atoms with Gasteiger partial charge in [-0.1, -0.05) is 25.0 Å². The zero-order valence-corrected chi connectivity index (χ0v) is 18.0. The molecule has 0 spiro atoms. The average Bonchev–Trinajstić information content (AvgIpc) is 3.25. The number of hydrogen-bond acceptors (Lipinski definition) is 5. The molecule has 3 rings (SSSR count). The maximum atomic E-state index is 13.4. The van der Waals surface area contributed by atoms with E-state index in [1.165, 1.54) is 7.11 Å². The Bertz CT molecular complexity index is 898. The lowest BCUT2D eigenvalue weighted by Crippen LogP contribution is -2.38. The fourth-order valence-electron chi connectivity index (χ4n) is 4.02. The van der Waals surface area contributed by atoms with Gasteiger partial charge in [0.2, 0.25) is 5.91 Å². The number of benzene rings is 2. The lowest BCUT2D eigenvalue weighted by atomic mass is 9.78. The van der Waals surface area contributed by atoms with E-state index in [9.17, 15) is 9.59 Å². The van der Waals surface area contributed by atoms with Crippen LogP contribution in [-0.4, -0.2) is 32.2 Å². The van der Waals surface area contributed by atoms with Crippen LogP contribution in [0.2, 0.25) is 0 Å². The summed E-state index contributed by atoms with van der Waals surface area (Å²) in [7, 11) is 2.95. The molecule has 1 amide bonds. The summed E-state index contributed by atoms with van der Waals surface area (Å²) in [5.41, 5.74) is 1.21. The highest BCUT2D eigenvalue weighted by Crippen LogP contribution is 2.42. The molecular formula is C24H29NO5. The summed E-state index contributed by atoms with van der Waals surface area (Å²) in [6, 6.07) is 12.7. The predicted octanol–water partition coefficient (Wildman–Crippen LogP) is 4.72. The molecule has 1 aliphatic carbocycles. The van der Waals surface area contributed by atoms with Crippen LogP contribution in [0, 0.1) is 0 Å². The van der Waals surface area contributed by atoms with E-state index < -0.39 is 11.4 Å². The molecule has 1 N–H and O–H groups in total. The molecule has 0 heterocycles. The van der Waals surface area contributed by atoms with Crippen LogP contribution >= 0.6 is 0 Å². The molecule has 1 saturated carbocycles. The van der Waals surface area contributed by atoms with Gasteiger partial charge >= 0.3 is 5.97 Å². The third kappa shape index (κ3) is 4.42. The summed E-state index contributed by atoms with van der Waals surface area (Å²) in [5.74, 6) is 0.613. The number of amides is 1. The first kappa shape index (κ1) is 21.7. The van der Waals surface area contributed by atoms with E-state index in [4.69, 9.17) is 14.2 Å². The minimum atomic E-state index is -0.592. The maximum absolute atomic E-state index is 13.4. The summed E-state index contributed by atoms with van der Waals surface area (Å²) in [4.78, 5) is 25.6. The lowest BCUT2D eigenvalue weighted by Gasteiger charge is -2.28. The number of rotatable bonds is 7. The number of hydrogen-bond donors (Lipinski definition) is 1. The second-order valence-corrected chi connectivity index (χ2v) is 7.84. The van der Waals surface area contributed by atoms with E-state index in [1.54, 1.807) is 25.3 Å².